The molecular formula is C28H28N2O5. The Hall–Kier alpha value is -4.00. The van der Waals surface area contributed by atoms with Gasteiger partial charge in [0.15, 0.2) is 11.5 Å². The van der Waals surface area contributed by atoms with Gasteiger partial charge in [0.1, 0.15) is 5.75 Å². The summed E-state index contributed by atoms with van der Waals surface area (Å²) in [5, 5.41) is 2.98. The van der Waals surface area contributed by atoms with E-state index in [-0.39, 0.29) is 24.5 Å². The number of likely N-dealkylation sites (tertiary alicyclic amines) is 1. The van der Waals surface area contributed by atoms with Gasteiger partial charge in [-0.05, 0) is 72.5 Å². The van der Waals surface area contributed by atoms with Gasteiger partial charge >= 0.3 is 0 Å². The van der Waals surface area contributed by atoms with Crippen molar-refractivity contribution < 1.29 is 23.8 Å². The van der Waals surface area contributed by atoms with Crippen molar-refractivity contribution in [2.75, 3.05) is 27.0 Å². The number of methoxy groups -OCH3 is 1. The van der Waals surface area contributed by atoms with E-state index in [0.717, 1.165) is 42.0 Å². The molecule has 1 saturated heterocycles. The Morgan fingerprint density at radius 1 is 1.00 bits per heavy atom. The maximum atomic E-state index is 13.0. The topological polar surface area (TPSA) is 77.1 Å². The molecule has 0 radical (unpaired) electrons. The van der Waals surface area contributed by atoms with Crippen LogP contribution < -0.4 is 19.5 Å². The Bertz CT molecular complexity index is 1220. The number of ether oxygens (including phenoxy) is 3. The first kappa shape index (κ1) is 22.8. The Balaban J connectivity index is 1.22. The molecule has 0 saturated carbocycles. The van der Waals surface area contributed by atoms with Crippen molar-refractivity contribution in [3.63, 3.8) is 0 Å². The number of piperidine rings is 1. The molecule has 1 unspecified atom stereocenters. The molecule has 3 aromatic carbocycles. The minimum absolute atomic E-state index is 0.0231. The number of carbonyl (C=O) groups excluding carboxylic acids is 2. The highest BCUT2D eigenvalue weighted by Gasteiger charge is 2.26. The summed E-state index contributed by atoms with van der Waals surface area (Å²) in [5.74, 6) is 2.23. The molecule has 5 rings (SSSR count). The van der Waals surface area contributed by atoms with Crippen molar-refractivity contribution in [1.82, 2.24) is 10.2 Å². The lowest BCUT2D eigenvalue weighted by Gasteiger charge is -2.33. The van der Waals surface area contributed by atoms with Crippen LogP contribution in [0.1, 0.15) is 50.6 Å². The van der Waals surface area contributed by atoms with Crippen molar-refractivity contribution in [1.29, 1.82) is 0 Å². The largest absolute Gasteiger partial charge is 0.497 e. The summed E-state index contributed by atoms with van der Waals surface area (Å²) < 4.78 is 15.9. The van der Waals surface area contributed by atoms with Gasteiger partial charge in [0.25, 0.3) is 11.8 Å². The van der Waals surface area contributed by atoms with Gasteiger partial charge in [0, 0.05) is 36.7 Å². The fourth-order valence-corrected chi connectivity index (χ4v) is 4.62. The number of nitrogens with zero attached hydrogens (tertiary/aromatic N) is 1. The van der Waals surface area contributed by atoms with Crippen LogP contribution in [-0.2, 0) is 6.54 Å². The number of rotatable bonds is 6. The highest BCUT2D eigenvalue weighted by molar-refractivity contribution is 5.95. The predicted octanol–water partition coefficient (Wildman–Crippen LogP) is 4.37. The van der Waals surface area contributed by atoms with Gasteiger partial charge in [0.2, 0.25) is 6.79 Å². The normalized spacial score (nSPS) is 16.6. The number of hydrogen-bond acceptors (Lipinski definition) is 5. The van der Waals surface area contributed by atoms with Crippen molar-refractivity contribution in [3.8, 4) is 17.2 Å². The summed E-state index contributed by atoms with van der Waals surface area (Å²) in [4.78, 5) is 27.8. The number of hydrogen-bond donors (Lipinski definition) is 1. The molecule has 35 heavy (non-hydrogen) atoms. The van der Waals surface area contributed by atoms with Crippen molar-refractivity contribution in [2.45, 2.75) is 25.3 Å². The Morgan fingerprint density at radius 3 is 2.66 bits per heavy atom. The minimum Gasteiger partial charge on any atom is -0.497 e. The van der Waals surface area contributed by atoms with Gasteiger partial charge in [-0.25, -0.2) is 0 Å². The molecule has 0 aliphatic carbocycles. The van der Waals surface area contributed by atoms with Gasteiger partial charge in [0.05, 0.1) is 7.11 Å². The molecule has 7 heteroatoms. The summed E-state index contributed by atoms with van der Waals surface area (Å²) in [7, 11) is 1.61. The molecule has 0 aromatic heterocycles. The molecule has 2 amide bonds. The van der Waals surface area contributed by atoms with Gasteiger partial charge in [-0.2, -0.15) is 0 Å². The van der Waals surface area contributed by atoms with E-state index < -0.39 is 0 Å². The number of fused-ring (bicyclic) bond motifs is 1. The van der Waals surface area contributed by atoms with Crippen LogP contribution in [0.15, 0.2) is 66.7 Å². The van der Waals surface area contributed by atoms with Gasteiger partial charge < -0.3 is 24.4 Å². The fourth-order valence-electron chi connectivity index (χ4n) is 4.62. The Labute approximate surface area is 204 Å². The maximum absolute atomic E-state index is 13.0. The van der Waals surface area contributed by atoms with E-state index in [4.69, 9.17) is 14.2 Å². The third-order valence-corrected chi connectivity index (χ3v) is 6.56. The van der Waals surface area contributed by atoms with Gasteiger partial charge in [-0.1, -0.05) is 18.2 Å². The molecule has 3 aromatic rings. The zero-order valence-electron chi connectivity index (χ0n) is 19.7. The smallest absolute Gasteiger partial charge is 0.253 e. The quantitative estimate of drug-likeness (QED) is 0.576. The van der Waals surface area contributed by atoms with E-state index in [2.05, 4.69) is 5.32 Å². The molecule has 2 aliphatic rings. The standard InChI is InChI=1S/C28H28N2O5/c1-33-24-10-8-20(9-11-24)28(32)30-13-3-6-23(17-30)21-4-2-5-22(15-21)27(31)29-16-19-7-12-25-26(14-19)35-18-34-25/h2,4-5,7-12,14-15,23H,3,6,13,16-18H2,1H3,(H,29,31). The highest BCUT2D eigenvalue weighted by Crippen LogP contribution is 2.32. The summed E-state index contributed by atoms with van der Waals surface area (Å²) in [6.07, 6.45) is 1.90. The van der Waals surface area contributed by atoms with Crippen molar-refractivity contribution in [2.24, 2.45) is 0 Å². The van der Waals surface area contributed by atoms with E-state index in [9.17, 15) is 9.59 Å². The molecule has 1 atom stereocenters. The predicted molar refractivity (Wildman–Crippen MR) is 131 cm³/mol. The van der Waals surface area contributed by atoms with E-state index in [1.165, 1.54) is 0 Å². The van der Waals surface area contributed by atoms with E-state index in [1.807, 2.05) is 47.4 Å². The molecule has 1 N–H and O–H groups in total. The molecule has 0 bridgehead atoms. The van der Waals surface area contributed by atoms with E-state index >= 15 is 0 Å². The molecule has 2 aliphatic heterocycles. The van der Waals surface area contributed by atoms with Crippen LogP contribution in [0.4, 0.5) is 0 Å². The highest BCUT2D eigenvalue weighted by atomic mass is 16.7. The van der Waals surface area contributed by atoms with Crippen molar-refractivity contribution >= 4 is 11.8 Å². The first-order valence-electron chi connectivity index (χ1n) is 11.8. The maximum Gasteiger partial charge on any atom is 0.253 e. The zero-order chi connectivity index (χ0) is 24.2. The Morgan fingerprint density at radius 2 is 1.83 bits per heavy atom. The molecule has 7 nitrogen and oxygen atoms in total. The van der Waals surface area contributed by atoms with Crippen LogP contribution >= 0.6 is 0 Å². The third-order valence-electron chi connectivity index (χ3n) is 6.56. The SMILES string of the molecule is COc1ccc(C(=O)N2CCCC(c3cccc(C(=O)NCc4ccc5c(c4)OCO5)c3)C2)cc1. The van der Waals surface area contributed by atoms with Crippen LogP contribution in [0, 0.1) is 0 Å². The van der Waals surface area contributed by atoms with Crippen LogP contribution in [-0.4, -0.2) is 43.7 Å². The third kappa shape index (κ3) is 5.09. The summed E-state index contributed by atoms with van der Waals surface area (Å²) >= 11 is 0. The number of carbonyl (C=O) groups is 2. The summed E-state index contributed by atoms with van der Waals surface area (Å²) in [6.45, 7) is 1.99. The zero-order valence-corrected chi connectivity index (χ0v) is 19.7. The second kappa shape index (κ2) is 10.1. The van der Waals surface area contributed by atoms with Crippen LogP contribution in [0.5, 0.6) is 17.2 Å². The molecule has 1 fully saturated rings. The number of benzene rings is 3. The van der Waals surface area contributed by atoms with E-state index in [1.54, 1.807) is 31.4 Å². The first-order valence-corrected chi connectivity index (χ1v) is 11.8. The second-order valence-corrected chi connectivity index (χ2v) is 8.81. The minimum atomic E-state index is -0.133. The van der Waals surface area contributed by atoms with Crippen LogP contribution in [0.25, 0.3) is 0 Å². The number of amides is 2. The summed E-state index contributed by atoms with van der Waals surface area (Å²) in [6, 6.07) is 20.6. The van der Waals surface area contributed by atoms with Crippen LogP contribution in [0.2, 0.25) is 0 Å². The fraction of sp³-hybridized carbons (Fsp3) is 0.286. The lowest BCUT2D eigenvalue weighted by molar-refractivity contribution is 0.0706. The lowest BCUT2D eigenvalue weighted by Crippen LogP contribution is -2.39. The van der Waals surface area contributed by atoms with Crippen LogP contribution in [0.3, 0.4) is 0 Å². The van der Waals surface area contributed by atoms with Crippen molar-refractivity contribution in [3.05, 3.63) is 89.0 Å². The summed E-state index contributed by atoms with van der Waals surface area (Å²) in [5.41, 5.74) is 3.29. The number of nitrogens with one attached hydrogen (secondary N) is 1. The first-order chi connectivity index (χ1) is 17.1. The average Bonchev–Trinajstić information content (AvgIpc) is 3.39. The van der Waals surface area contributed by atoms with Gasteiger partial charge in [-0.15, -0.1) is 0 Å². The molecular weight excluding hydrogens is 444 g/mol. The lowest BCUT2D eigenvalue weighted by atomic mass is 9.89. The molecule has 0 spiro atoms. The Kier molecular flexibility index (Phi) is 6.57. The second-order valence-electron chi connectivity index (χ2n) is 8.81. The molecule has 2 heterocycles. The molecule has 180 valence electrons. The van der Waals surface area contributed by atoms with Gasteiger partial charge in [-0.3, -0.25) is 9.59 Å². The van der Waals surface area contributed by atoms with E-state index in [0.29, 0.717) is 30.0 Å². The monoisotopic (exact) mass is 472 g/mol. The average molecular weight is 473 g/mol.